The van der Waals surface area contributed by atoms with E-state index in [1.165, 1.54) is 16.9 Å². The Morgan fingerprint density at radius 2 is 1.68 bits per heavy atom. The van der Waals surface area contributed by atoms with E-state index in [0.717, 1.165) is 33.7 Å². The van der Waals surface area contributed by atoms with Gasteiger partial charge in [-0.05, 0) is 49.1 Å². The van der Waals surface area contributed by atoms with Gasteiger partial charge in [0.15, 0.2) is 0 Å². The van der Waals surface area contributed by atoms with Crippen molar-refractivity contribution in [3.63, 3.8) is 0 Å². The average Bonchev–Trinajstić information content (AvgIpc) is 3.59. The number of aryl methyl sites for hydroxylation is 2. The standard InChI is InChI=1S/C31H29N3O3S/c1-22-33-28(29(38-22)24-13-6-3-7-14-24)31(36)34(19-9-12-23-10-4-2-5-11-23)20-18-32-30(35)26-15-8-16-27-25(26)17-21-37-27/h2-8,10-11,13-17,21H,9,12,18-20H2,1H3,(H,32,35). The van der Waals surface area contributed by atoms with Crippen molar-refractivity contribution in [2.45, 2.75) is 19.8 Å². The first-order valence-corrected chi connectivity index (χ1v) is 13.5. The van der Waals surface area contributed by atoms with Crippen LogP contribution in [0.25, 0.3) is 21.4 Å². The van der Waals surface area contributed by atoms with Gasteiger partial charge in [0.05, 0.1) is 21.7 Å². The normalized spacial score (nSPS) is 11.0. The van der Waals surface area contributed by atoms with E-state index in [4.69, 9.17) is 4.42 Å². The minimum Gasteiger partial charge on any atom is -0.464 e. The molecule has 5 aromatic rings. The lowest BCUT2D eigenvalue weighted by atomic mass is 10.1. The topological polar surface area (TPSA) is 75.4 Å². The second-order valence-electron chi connectivity index (χ2n) is 9.05. The molecule has 0 saturated carbocycles. The maximum absolute atomic E-state index is 13.8. The summed E-state index contributed by atoms with van der Waals surface area (Å²) < 4.78 is 5.42. The molecule has 0 radical (unpaired) electrons. The Bertz CT molecular complexity index is 1530. The molecule has 0 aliphatic carbocycles. The average molecular weight is 524 g/mol. The first-order chi connectivity index (χ1) is 18.6. The Morgan fingerprint density at radius 1 is 0.921 bits per heavy atom. The highest BCUT2D eigenvalue weighted by Gasteiger charge is 2.24. The fraction of sp³-hybridized carbons (Fsp3) is 0.194. The van der Waals surface area contributed by atoms with Crippen LogP contribution in [0.5, 0.6) is 0 Å². The number of fused-ring (bicyclic) bond motifs is 1. The van der Waals surface area contributed by atoms with E-state index in [9.17, 15) is 9.59 Å². The Labute approximate surface area is 225 Å². The van der Waals surface area contributed by atoms with Gasteiger partial charge in [-0.2, -0.15) is 0 Å². The number of aromatic nitrogens is 1. The number of amides is 2. The first-order valence-electron chi connectivity index (χ1n) is 12.7. The third kappa shape index (κ3) is 5.84. The fourth-order valence-electron chi connectivity index (χ4n) is 4.53. The SMILES string of the molecule is Cc1nc(C(=O)N(CCCc2ccccc2)CCNC(=O)c2cccc3occc23)c(-c2ccccc2)s1. The molecule has 2 heterocycles. The summed E-state index contributed by atoms with van der Waals surface area (Å²) >= 11 is 1.52. The van der Waals surface area contributed by atoms with Crippen molar-refractivity contribution < 1.29 is 14.0 Å². The van der Waals surface area contributed by atoms with E-state index in [0.29, 0.717) is 36.5 Å². The fourth-order valence-corrected chi connectivity index (χ4v) is 5.45. The van der Waals surface area contributed by atoms with Gasteiger partial charge in [-0.15, -0.1) is 11.3 Å². The Kier molecular flexibility index (Phi) is 7.95. The van der Waals surface area contributed by atoms with E-state index >= 15 is 0 Å². The molecule has 192 valence electrons. The molecule has 6 nitrogen and oxygen atoms in total. The minimum absolute atomic E-state index is 0.118. The summed E-state index contributed by atoms with van der Waals surface area (Å²) in [6.07, 6.45) is 3.25. The molecule has 0 saturated heterocycles. The summed E-state index contributed by atoms with van der Waals surface area (Å²) in [4.78, 5) is 34.1. The van der Waals surface area contributed by atoms with Crippen LogP contribution in [0, 0.1) is 6.92 Å². The Balaban J connectivity index is 1.31. The van der Waals surface area contributed by atoms with Crippen molar-refractivity contribution in [3.8, 4) is 10.4 Å². The lowest BCUT2D eigenvalue weighted by molar-refractivity contribution is 0.0742. The van der Waals surface area contributed by atoms with E-state index in [2.05, 4.69) is 22.4 Å². The van der Waals surface area contributed by atoms with Crippen molar-refractivity contribution in [1.82, 2.24) is 15.2 Å². The highest BCUT2D eigenvalue weighted by atomic mass is 32.1. The van der Waals surface area contributed by atoms with Gasteiger partial charge in [0.2, 0.25) is 0 Å². The Hall–Kier alpha value is -4.23. The molecule has 0 aliphatic heterocycles. The molecule has 38 heavy (non-hydrogen) atoms. The molecule has 7 heteroatoms. The monoisotopic (exact) mass is 523 g/mol. The van der Waals surface area contributed by atoms with Gasteiger partial charge >= 0.3 is 0 Å². The number of furan rings is 1. The molecule has 0 fully saturated rings. The smallest absolute Gasteiger partial charge is 0.274 e. The molecule has 2 aromatic heterocycles. The lowest BCUT2D eigenvalue weighted by Gasteiger charge is -2.23. The lowest BCUT2D eigenvalue weighted by Crippen LogP contribution is -2.39. The number of thiazole rings is 1. The summed E-state index contributed by atoms with van der Waals surface area (Å²) in [5, 5.41) is 4.60. The maximum atomic E-state index is 13.8. The molecule has 0 spiro atoms. The molecule has 2 amide bonds. The molecular formula is C31H29N3O3S. The van der Waals surface area contributed by atoms with Crippen LogP contribution in [0.2, 0.25) is 0 Å². The van der Waals surface area contributed by atoms with Crippen molar-refractivity contribution >= 4 is 34.1 Å². The van der Waals surface area contributed by atoms with Gasteiger partial charge in [0.25, 0.3) is 11.8 Å². The minimum atomic E-state index is -0.192. The van der Waals surface area contributed by atoms with Crippen molar-refractivity contribution in [1.29, 1.82) is 0 Å². The van der Waals surface area contributed by atoms with Crippen LogP contribution in [0.4, 0.5) is 0 Å². The number of carbonyl (C=O) groups is 2. The number of hydrogen-bond acceptors (Lipinski definition) is 5. The van der Waals surface area contributed by atoms with E-state index in [-0.39, 0.29) is 11.8 Å². The van der Waals surface area contributed by atoms with Crippen LogP contribution in [-0.4, -0.2) is 41.3 Å². The first kappa shape index (κ1) is 25.4. The van der Waals surface area contributed by atoms with Crippen LogP contribution >= 0.6 is 11.3 Å². The van der Waals surface area contributed by atoms with Gasteiger partial charge in [-0.1, -0.05) is 66.7 Å². The molecule has 0 aliphatic rings. The molecule has 0 atom stereocenters. The molecule has 5 rings (SSSR count). The second-order valence-corrected chi connectivity index (χ2v) is 10.3. The van der Waals surface area contributed by atoms with Gasteiger partial charge in [-0.3, -0.25) is 9.59 Å². The number of carbonyl (C=O) groups excluding carboxylic acids is 2. The molecule has 3 aromatic carbocycles. The highest BCUT2D eigenvalue weighted by Crippen LogP contribution is 2.31. The number of nitrogens with one attached hydrogen (secondary N) is 1. The summed E-state index contributed by atoms with van der Waals surface area (Å²) in [7, 11) is 0. The van der Waals surface area contributed by atoms with E-state index in [1.54, 1.807) is 24.5 Å². The quantitative estimate of drug-likeness (QED) is 0.231. The zero-order chi connectivity index (χ0) is 26.3. The molecular weight excluding hydrogens is 494 g/mol. The largest absolute Gasteiger partial charge is 0.464 e. The molecule has 1 N–H and O–H groups in total. The van der Waals surface area contributed by atoms with Crippen LogP contribution in [0.15, 0.2) is 95.6 Å². The van der Waals surface area contributed by atoms with Gasteiger partial charge in [-0.25, -0.2) is 4.98 Å². The number of hydrogen-bond donors (Lipinski definition) is 1. The maximum Gasteiger partial charge on any atom is 0.274 e. The predicted octanol–water partition coefficient (Wildman–Crippen LogP) is 6.37. The summed E-state index contributed by atoms with van der Waals surface area (Å²) in [6, 6.07) is 27.3. The third-order valence-electron chi connectivity index (χ3n) is 6.40. The number of benzene rings is 3. The Morgan fingerprint density at radius 3 is 2.47 bits per heavy atom. The van der Waals surface area contributed by atoms with Crippen LogP contribution in [0.1, 0.15) is 37.8 Å². The summed E-state index contributed by atoms with van der Waals surface area (Å²) in [6.45, 7) is 3.19. The van der Waals surface area contributed by atoms with E-state index in [1.807, 2.05) is 66.4 Å². The van der Waals surface area contributed by atoms with Gasteiger partial charge in [0, 0.05) is 25.0 Å². The predicted molar refractivity (Wildman–Crippen MR) is 152 cm³/mol. The van der Waals surface area contributed by atoms with Crippen molar-refractivity contribution in [3.05, 3.63) is 113 Å². The van der Waals surface area contributed by atoms with Crippen LogP contribution in [0.3, 0.4) is 0 Å². The molecule has 0 bridgehead atoms. The van der Waals surface area contributed by atoms with Crippen LogP contribution in [-0.2, 0) is 6.42 Å². The summed E-state index contributed by atoms with van der Waals surface area (Å²) in [5.41, 5.74) is 3.90. The second kappa shape index (κ2) is 11.9. The zero-order valence-corrected chi connectivity index (χ0v) is 22.0. The van der Waals surface area contributed by atoms with Gasteiger partial charge < -0.3 is 14.6 Å². The number of nitrogens with zero attached hydrogens (tertiary/aromatic N) is 2. The number of rotatable bonds is 10. The summed E-state index contributed by atoms with van der Waals surface area (Å²) in [5.74, 6) is -0.310. The van der Waals surface area contributed by atoms with Crippen molar-refractivity contribution in [2.24, 2.45) is 0 Å². The van der Waals surface area contributed by atoms with E-state index < -0.39 is 0 Å². The van der Waals surface area contributed by atoms with Gasteiger partial charge in [0.1, 0.15) is 11.3 Å². The third-order valence-corrected chi connectivity index (χ3v) is 7.42. The van der Waals surface area contributed by atoms with Crippen molar-refractivity contribution in [2.75, 3.05) is 19.6 Å². The van der Waals surface area contributed by atoms with Crippen LogP contribution < -0.4 is 5.32 Å². The molecule has 0 unspecified atom stereocenters. The zero-order valence-electron chi connectivity index (χ0n) is 21.2. The highest BCUT2D eigenvalue weighted by molar-refractivity contribution is 7.15.